The molecule has 2 N–H and O–H groups in total. The summed E-state index contributed by atoms with van der Waals surface area (Å²) < 4.78 is 4.51. The quantitative estimate of drug-likeness (QED) is 0.701. The lowest BCUT2D eigenvalue weighted by atomic mass is 10.3. The molecule has 0 aliphatic heterocycles. The van der Waals surface area contributed by atoms with Gasteiger partial charge in [-0.15, -0.1) is 0 Å². The highest BCUT2D eigenvalue weighted by atomic mass is 16.5. The minimum atomic E-state index is -0.334. The number of hydrogen-bond donors (Lipinski definition) is 2. The minimum absolute atomic E-state index is 0.0947. The van der Waals surface area contributed by atoms with Gasteiger partial charge in [0.25, 0.3) is 0 Å². The highest BCUT2D eigenvalue weighted by molar-refractivity contribution is 5.74. The maximum absolute atomic E-state index is 10.9. The van der Waals surface area contributed by atoms with Crippen LogP contribution in [0.4, 0.5) is 11.8 Å². The molecule has 82 valence electrons. The lowest BCUT2D eigenvalue weighted by Crippen LogP contribution is -2.16. The van der Waals surface area contributed by atoms with Gasteiger partial charge in [0.15, 0.2) is 0 Å². The number of esters is 1. The van der Waals surface area contributed by atoms with Crippen LogP contribution < -0.4 is 10.6 Å². The van der Waals surface area contributed by atoms with Crippen LogP contribution in [0.5, 0.6) is 0 Å². The van der Waals surface area contributed by atoms with Crippen LogP contribution in [0.2, 0.25) is 0 Å². The molecule has 6 nitrogen and oxygen atoms in total. The third-order valence-corrected chi connectivity index (χ3v) is 1.82. The molecule has 0 radical (unpaired) electrons. The van der Waals surface area contributed by atoms with E-state index in [9.17, 15) is 4.79 Å². The van der Waals surface area contributed by atoms with E-state index >= 15 is 0 Å². The van der Waals surface area contributed by atoms with E-state index in [0.29, 0.717) is 11.8 Å². The van der Waals surface area contributed by atoms with Gasteiger partial charge in [0.1, 0.15) is 12.4 Å². The number of carbonyl (C=O) groups is 1. The Kier molecular flexibility index (Phi) is 3.84. The molecule has 0 aliphatic rings. The van der Waals surface area contributed by atoms with Crippen LogP contribution in [0.3, 0.4) is 0 Å². The van der Waals surface area contributed by atoms with Crippen molar-refractivity contribution in [3.8, 4) is 0 Å². The van der Waals surface area contributed by atoms with Gasteiger partial charge in [0.2, 0.25) is 5.95 Å². The average molecular weight is 210 g/mol. The lowest BCUT2D eigenvalue weighted by molar-refractivity contribution is -0.138. The molecule has 0 aliphatic carbocycles. The zero-order valence-corrected chi connectivity index (χ0v) is 9.00. The van der Waals surface area contributed by atoms with Gasteiger partial charge < -0.3 is 15.4 Å². The van der Waals surface area contributed by atoms with Crippen molar-refractivity contribution in [1.82, 2.24) is 9.97 Å². The first-order valence-electron chi connectivity index (χ1n) is 4.49. The SMILES string of the molecule is CNc1ncc(C)c(NCC(=O)OC)n1. The summed E-state index contributed by atoms with van der Waals surface area (Å²) in [6.45, 7) is 1.95. The Morgan fingerprint density at radius 2 is 2.33 bits per heavy atom. The van der Waals surface area contributed by atoms with Crippen molar-refractivity contribution in [1.29, 1.82) is 0 Å². The predicted molar refractivity (Wildman–Crippen MR) is 56.8 cm³/mol. The van der Waals surface area contributed by atoms with Gasteiger partial charge in [0.05, 0.1) is 7.11 Å². The number of aryl methyl sites for hydroxylation is 1. The number of anilines is 2. The van der Waals surface area contributed by atoms with Crippen LogP contribution in [0.15, 0.2) is 6.20 Å². The fraction of sp³-hybridized carbons (Fsp3) is 0.444. The third-order valence-electron chi connectivity index (χ3n) is 1.82. The average Bonchev–Trinajstić information content (AvgIpc) is 2.27. The van der Waals surface area contributed by atoms with Gasteiger partial charge in [-0.2, -0.15) is 4.98 Å². The number of nitrogens with one attached hydrogen (secondary N) is 2. The smallest absolute Gasteiger partial charge is 0.325 e. The molecule has 0 atom stereocenters. The second-order valence-electron chi connectivity index (χ2n) is 2.90. The van der Waals surface area contributed by atoms with Gasteiger partial charge in [-0.05, 0) is 6.92 Å². The Labute approximate surface area is 88.1 Å². The zero-order chi connectivity index (χ0) is 11.3. The van der Waals surface area contributed by atoms with Gasteiger partial charge in [0, 0.05) is 18.8 Å². The predicted octanol–water partition coefficient (Wildman–Crippen LogP) is 0.412. The molecule has 1 heterocycles. The number of ether oxygens (including phenoxy) is 1. The Hall–Kier alpha value is -1.85. The van der Waals surface area contributed by atoms with E-state index in [1.807, 2.05) is 6.92 Å². The Balaban J connectivity index is 2.70. The molecular formula is C9H14N4O2. The fourth-order valence-electron chi connectivity index (χ4n) is 0.970. The van der Waals surface area contributed by atoms with E-state index in [-0.39, 0.29) is 12.5 Å². The van der Waals surface area contributed by atoms with E-state index in [2.05, 4.69) is 25.3 Å². The van der Waals surface area contributed by atoms with Crippen LogP contribution in [-0.2, 0) is 9.53 Å². The highest BCUT2D eigenvalue weighted by Crippen LogP contribution is 2.11. The van der Waals surface area contributed by atoms with Gasteiger partial charge in [-0.3, -0.25) is 4.79 Å². The summed E-state index contributed by atoms with van der Waals surface area (Å²) >= 11 is 0. The second kappa shape index (κ2) is 5.14. The van der Waals surface area contributed by atoms with Gasteiger partial charge in [-0.1, -0.05) is 0 Å². The Bertz CT molecular complexity index is 354. The molecule has 6 heteroatoms. The first kappa shape index (κ1) is 11.2. The van der Waals surface area contributed by atoms with Crippen molar-refractivity contribution in [3.63, 3.8) is 0 Å². The van der Waals surface area contributed by atoms with Crippen LogP contribution in [0, 0.1) is 6.92 Å². The van der Waals surface area contributed by atoms with Crippen molar-refractivity contribution in [3.05, 3.63) is 11.8 Å². The third kappa shape index (κ3) is 3.08. The Morgan fingerprint density at radius 3 is 2.93 bits per heavy atom. The minimum Gasteiger partial charge on any atom is -0.468 e. The first-order valence-corrected chi connectivity index (χ1v) is 4.49. The molecule has 0 amide bonds. The summed E-state index contributed by atoms with van der Waals surface area (Å²) in [5.41, 5.74) is 0.873. The summed E-state index contributed by atoms with van der Waals surface area (Å²) in [6.07, 6.45) is 1.68. The van der Waals surface area contributed by atoms with Gasteiger partial charge in [-0.25, -0.2) is 4.98 Å². The van der Waals surface area contributed by atoms with Crippen LogP contribution in [-0.4, -0.2) is 36.6 Å². The van der Waals surface area contributed by atoms with Crippen molar-refractivity contribution < 1.29 is 9.53 Å². The van der Waals surface area contributed by atoms with E-state index in [0.717, 1.165) is 5.56 Å². The maximum Gasteiger partial charge on any atom is 0.325 e. The summed E-state index contributed by atoms with van der Waals surface area (Å²) in [4.78, 5) is 19.1. The van der Waals surface area contributed by atoms with Crippen molar-refractivity contribution in [2.24, 2.45) is 0 Å². The van der Waals surface area contributed by atoms with Crippen LogP contribution in [0.1, 0.15) is 5.56 Å². The van der Waals surface area contributed by atoms with Gasteiger partial charge >= 0.3 is 5.97 Å². The molecule has 1 rings (SSSR count). The standard InChI is InChI=1S/C9H14N4O2/c1-6-4-12-9(10-2)13-8(6)11-5-7(14)15-3/h4H,5H2,1-3H3,(H2,10,11,12,13). The maximum atomic E-state index is 10.9. The molecule has 0 saturated heterocycles. The summed E-state index contributed by atoms with van der Waals surface area (Å²) in [5.74, 6) is 0.798. The van der Waals surface area contributed by atoms with Crippen LogP contribution in [0.25, 0.3) is 0 Å². The number of rotatable bonds is 4. The molecule has 0 fully saturated rings. The molecule has 15 heavy (non-hydrogen) atoms. The summed E-state index contributed by atoms with van der Waals surface area (Å²) in [6, 6.07) is 0. The van der Waals surface area contributed by atoms with Crippen molar-refractivity contribution in [2.75, 3.05) is 31.3 Å². The fourth-order valence-corrected chi connectivity index (χ4v) is 0.970. The number of carbonyl (C=O) groups excluding carboxylic acids is 1. The van der Waals surface area contributed by atoms with E-state index in [4.69, 9.17) is 0 Å². The largest absolute Gasteiger partial charge is 0.468 e. The van der Waals surface area contributed by atoms with E-state index < -0.39 is 0 Å². The molecule has 1 aromatic heterocycles. The molecule has 1 aromatic rings. The second-order valence-corrected chi connectivity index (χ2v) is 2.90. The molecular weight excluding hydrogens is 196 g/mol. The van der Waals surface area contributed by atoms with Crippen molar-refractivity contribution in [2.45, 2.75) is 6.92 Å². The molecule has 0 spiro atoms. The van der Waals surface area contributed by atoms with Crippen molar-refractivity contribution >= 4 is 17.7 Å². The van der Waals surface area contributed by atoms with Crippen LogP contribution >= 0.6 is 0 Å². The monoisotopic (exact) mass is 210 g/mol. The van der Waals surface area contributed by atoms with E-state index in [1.165, 1.54) is 7.11 Å². The summed E-state index contributed by atoms with van der Waals surface area (Å²) in [5, 5.41) is 5.69. The number of aromatic nitrogens is 2. The molecule has 0 bridgehead atoms. The number of hydrogen-bond acceptors (Lipinski definition) is 6. The lowest BCUT2D eigenvalue weighted by Gasteiger charge is -2.08. The number of methoxy groups -OCH3 is 1. The first-order chi connectivity index (χ1) is 7.17. The zero-order valence-electron chi connectivity index (χ0n) is 9.00. The topological polar surface area (TPSA) is 76.1 Å². The Morgan fingerprint density at radius 1 is 1.60 bits per heavy atom. The highest BCUT2D eigenvalue weighted by Gasteiger charge is 2.05. The molecule has 0 unspecified atom stereocenters. The summed E-state index contributed by atoms with van der Waals surface area (Å²) in [7, 11) is 3.07. The number of nitrogens with zero attached hydrogens (tertiary/aromatic N) is 2. The molecule has 0 aromatic carbocycles. The van der Waals surface area contributed by atoms with E-state index in [1.54, 1.807) is 13.2 Å². The molecule has 0 saturated carbocycles. The normalized spacial score (nSPS) is 9.53.